The first kappa shape index (κ1) is 13.7. The zero-order valence-corrected chi connectivity index (χ0v) is 12.9. The summed E-state index contributed by atoms with van der Waals surface area (Å²) in [7, 11) is 2.05. The lowest BCUT2D eigenvalue weighted by molar-refractivity contribution is -0.105. The van der Waals surface area contributed by atoms with E-state index in [0.717, 1.165) is 23.4 Å². The molecule has 2 rings (SSSR count). The first-order valence-electron chi connectivity index (χ1n) is 6.28. The molecule has 0 N–H and O–H groups in total. The minimum absolute atomic E-state index is 0.140. The van der Waals surface area contributed by atoms with Crippen molar-refractivity contribution in [2.24, 2.45) is 5.41 Å². The van der Waals surface area contributed by atoms with Gasteiger partial charge in [0.05, 0.1) is 10.6 Å². The smallest absolute Gasteiger partial charge is 0.225 e. The van der Waals surface area contributed by atoms with Gasteiger partial charge in [-0.1, -0.05) is 13.8 Å². The summed E-state index contributed by atoms with van der Waals surface area (Å²) >= 11 is 3.35. The second-order valence-corrected chi connectivity index (χ2v) is 6.24. The lowest BCUT2D eigenvalue weighted by atomic mass is 9.64. The monoisotopic (exact) mass is 313 g/mol. The van der Waals surface area contributed by atoms with Gasteiger partial charge in [0.1, 0.15) is 0 Å². The van der Waals surface area contributed by atoms with E-state index in [1.165, 1.54) is 0 Å². The number of aromatic nitrogens is 2. The van der Waals surface area contributed by atoms with Gasteiger partial charge in [0.25, 0.3) is 0 Å². The van der Waals surface area contributed by atoms with Crippen molar-refractivity contribution in [3.8, 4) is 0 Å². The Morgan fingerprint density at radius 1 is 1.44 bits per heavy atom. The molecule has 1 aliphatic carbocycles. The van der Waals surface area contributed by atoms with Gasteiger partial charge in [0.2, 0.25) is 5.95 Å². The molecule has 18 heavy (non-hydrogen) atoms. The van der Waals surface area contributed by atoms with Gasteiger partial charge in [0.15, 0.2) is 0 Å². The quantitative estimate of drug-likeness (QED) is 0.856. The predicted octanol–water partition coefficient (Wildman–Crippen LogP) is 2.88. The van der Waals surface area contributed by atoms with Crippen LogP contribution in [0.4, 0.5) is 5.95 Å². The molecule has 0 bridgehead atoms. The lowest BCUT2D eigenvalue weighted by Gasteiger charge is -2.54. The second-order valence-electron chi connectivity index (χ2n) is 5.33. The molecule has 0 amide bonds. The molecule has 0 aliphatic heterocycles. The highest BCUT2D eigenvalue weighted by atomic mass is 79.9. The Kier molecular flexibility index (Phi) is 3.92. The first-order valence-corrected chi connectivity index (χ1v) is 7.08. The number of hydrogen-bond acceptors (Lipinski definition) is 4. The van der Waals surface area contributed by atoms with E-state index in [4.69, 9.17) is 4.74 Å². The molecule has 1 aliphatic rings. The average Bonchev–Trinajstić information content (AvgIpc) is 2.34. The van der Waals surface area contributed by atoms with Crippen LogP contribution in [-0.4, -0.2) is 35.8 Å². The molecule has 0 saturated heterocycles. The molecule has 1 heterocycles. The third-order valence-corrected chi connectivity index (χ3v) is 4.29. The lowest BCUT2D eigenvalue weighted by Crippen LogP contribution is -2.61. The Labute approximate surface area is 117 Å². The number of anilines is 1. The number of nitrogens with zero attached hydrogens (tertiary/aromatic N) is 3. The van der Waals surface area contributed by atoms with E-state index >= 15 is 0 Å². The SMILES string of the molecule is CCOC1CC(N(C)c2ncc(Br)cn2)C1(C)C. The normalized spacial score (nSPS) is 25.6. The summed E-state index contributed by atoms with van der Waals surface area (Å²) in [6, 6.07) is 0.426. The number of hydrogen-bond donors (Lipinski definition) is 0. The van der Waals surface area contributed by atoms with E-state index in [2.05, 4.69) is 51.7 Å². The van der Waals surface area contributed by atoms with E-state index in [1.54, 1.807) is 12.4 Å². The summed E-state index contributed by atoms with van der Waals surface area (Å²) < 4.78 is 6.66. The van der Waals surface area contributed by atoms with Crippen molar-refractivity contribution in [2.45, 2.75) is 39.3 Å². The van der Waals surface area contributed by atoms with E-state index in [1.807, 2.05) is 6.92 Å². The van der Waals surface area contributed by atoms with Gasteiger partial charge in [-0.15, -0.1) is 0 Å². The molecule has 100 valence electrons. The van der Waals surface area contributed by atoms with Crippen molar-refractivity contribution in [1.82, 2.24) is 9.97 Å². The van der Waals surface area contributed by atoms with Crippen molar-refractivity contribution in [3.05, 3.63) is 16.9 Å². The molecule has 1 saturated carbocycles. The molecule has 0 aromatic carbocycles. The summed E-state index contributed by atoms with van der Waals surface area (Å²) in [4.78, 5) is 10.8. The van der Waals surface area contributed by atoms with Gasteiger partial charge in [-0.25, -0.2) is 9.97 Å². The number of halogens is 1. The molecule has 1 aromatic heterocycles. The maximum Gasteiger partial charge on any atom is 0.225 e. The molecule has 5 heteroatoms. The minimum atomic E-state index is 0.140. The van der Waals surface area contributed by atoms with Crippen LogP contribution in [0.5, 0.6) is 0 Å². The Morgan fingerprint density at radius 2 is 2.06 bits per heavy atom. The average molecular weight is 314 g/mol. The third kappa shape index (κ3) is 2.38. The van der Waals surface area contributed by atoms with Crippen LogP contribution in [0.15, 0.2) is 16.9 Å². The van der Waals surface area contributed by atoms with Crippen LogP contribution < -0.4 is 4.90 Å². The predicted molar refractivity (Wildman–Crippen MR) is 75.7 cm³/mol. The molecule has 2 unspecified atom stereocenters. The Morgan fingerprint density at radius 3 is 2.56 bits per heavy atom. The molecule has 4 nitrogen and oxygen atoms in total. The van der Waals surface area contributed by atoms with Crippen LogP contribution >= 0.6 is 15.9 Å². The van der Waals surface area contributed by atoms with Crippen LogP contribution in [0.2, 0.25) is 0 Å². The van der Waals surface area contributed by atoms with Crippen molar-refractivity contribution < 1.29 is 4.74 Å². The topological polar surface area (TPSA) is 38.2 Å². The molecule has 2 atom stereocenters. The van der Waals surface area contributed by atoms with Crippen molar-refractivity contribution in [2.75, 3.05) is 18.6 Å². The van der Waals surface area contributed by atoms with Gasteiger partial charge in [-0.05, 0) is 29.3 Å². The van der Waals surface area contributed by atoms with Gasteiger partial charge < -0.3 is 9.64 Å². The second kappa shape index (κ2) is 5.13. The van der Waals surface area contributed by atoms with Gasteiger partial charge in [-0.3, -0.25) is 0 Å². The molecule has 1 fully saturated rings. The largest absolute Gasteiger partial charge is 0.378 e. The number of rotatable bonds is 4. The third-order valence-electron chi connectivity index (χ3n) is 3.88. The van der Waals surface area contributed by atoms with Crippen LogP contribution in [0.25, 0.3) is 0 Å². The summed E-state index contributed by atoms with van der Waals surface area (Å²) in [6.07, 6.45) is 4.94. The summed E-state index contributed by atoms with van der Waals surface area (Å²) in [5.74, 6) is 0.770. The Hall–Kier alpha value is -0.680. The maximum absolute atomic E-state index is 5.75. The minimum Gasteiger partial charge on any atom is -0.378 e. The number of ether oxygens (including phenoxy) is 1. The Balaban J connectivity index is 2.07. The maximum atomic E-state index is 5.75. The summed E-state index contributed by atoms with van der Waals surface area (Å²) in [5, 5.41) is 0. The zero-order valence-electron chi connectivity index (χ0n) is 11.4. The van der Waals surface area contributed by atoms with E-state index in [9.17, 15) is 0 Å². The van der Waals surface area contributed by atoms with Gasteiger partial charge >= 0.3 is 0 Å². The van der Waals surface area contributed by atoms with E-state index in [-0.39, 0.29) is 5.41 Å². The first-order chi connectivity index (χ1) is 8.46. The van der Waals surface area contributed by atoms with Gasteiger partial charge in [0, 0.05) is 37.5 Å². The fraction of sp³-hybridized carbons (Fsp3) is 0.692. The van der Waals surface area contributed by atoms with Crippen LogP contribution in [-0.2, 0) is 4.74 Å². The molecule has 0 radical (unpaired) electrons. The van der Waals surface area contributed by atoms with Crippen LogP contribution in [0.3, 0.4) is 0 Å². The van der Waals surface area contributed by atoms with E-state index < -0.39 is 0 Å². The van der Waals surface area contributed by atoms with Crippen LogP contribution in [0.1, 0.15) is 27.2 Å². The van der Waals surface area contributed by atoms with Crippen LogP contribution in [0, 0.1) is 5.41 Å². The van der Waals surface area contributed by atoms with Crippen molar-refractivity contribution >= 4 is 21.9 Å². The van der Waals surface area contributed by atoms with Crippen molar-refractivity contribution in [3.63, 3.8) is 0 Å². The summed E-state index contributed by atoms with van der Waals surface area (Å²) in [6.45, 7) is 7.32. The zero-order chi connectivity index (χ0) is 13.3. The highest BCUT2D eigenvalue weighted by molar-refractivity contribution is 9.10. The molecule has 1 aromatic rings. The molecular weight excluding hydrogens is 294 g/mol. The van der Waals surface area contributed by atoms with E-state index in [0.29, 0.717) is 12.1 Å². The summed E-state index contributed by atoms with van der Waals surface area (Å²) in [5.41, 5.74) is 0.140. The van der Waals surface area contributed by atoms with Crippen molar-refractivity contribution in [1.29, 1.82) is 0 Å². The highest BCUT2D eigenvalue weighted by Crippen LogP contribution is 2.45. The molecule has 0 spiro atoms. The van der Waals surface area contributed by atoms with Gasteiger partial charge in [-0.2, -0.15) is 0 Å². The highest BCUT2D eigenvalue weighted by Gasteiger charge is 2.51. The molecular formula is C13H20BrN3O. The fourth-order valence-corrected chi connectivity index (χ4v) is 2.84. The fourth-order valence-electron chi connectivity index (χ4n) is 2.63. The Bertz CT molecular complexity index is 407. The standard InChI is InChI=1S/C13H20BrN3O/c1-5-18-11-6-10(13(11,2)3)17(4)12-15-7-9(14)8-16-12/h7-8,10-11H,5-6H2,1-4H3.